The van der Waals surface area contributed by atoms with Crippen molar-refractivity contribution < 1.29 is 0 Å². The van der Waals surface area contributed by atoms with E-state index < -0.39 is 0 Å². The minimum atomic E-state index is 0.0205. The van der Waals surface area contributed by atoms with E-state index in [1.807, 2.05) is 0 Å². The number of anilines is 1. The molecular weight excluding hydrogens is 302 g/mol. The number of hydrogen-bond acceptors (Lipinski definition) is 1. The summed E-state index contributed by atoms with van der Waals surface area (Å²) < 4.78 is 0. The Balaban J connectivity index is 1.89. The van der Waals surface area contributed by atoms with Gasteiger partial charge in [0.05, 0.1) is 5.54 Å². The molecule has 0 aromatic heterocycles. The fraction of sp³-hybridized carbons (Fsp3) is 0.500. The summed E-state index contributed by atoms with van der Waals surface area (Å²) >= 11 is 0. The molecule has 1 heteroatoms. The largest absolute Gasteiger partial charge is 0.376 e. The second-order valence-corrected chi connectivity index (χ2v) is 8.57. The van der Waals surface area contributed by atoms with Gasteiger partial charge in [-0.3, -0.25) is 0 Å². The van der Waals surface area contributed by atoms with Crippen molar-refractivity contribution >= 4 is 22.4 Å². The van der Waals surface area contributed by atoms with Crippen molar-refractivity contribution in [1.29, 1.82) is 0 Å². The lowest BCUT2D eigenvalue weighted by Crippen LogP contribution is -2.32. The van der Waals surface area contributed by atoms with Gasteiger partial charge in [-0.1, -0.05) is 18.2 Å². The molecule has 0 saturated heterocycles. The van der Waals surface area contributed by atoms with Gasteiger partial charge in [-0.25, -0.2) is 0 Å². The van der Waals surface area contributed by atoms with E-state index >= 15 is 0 Å². The molecular formula is C24H31N. The normalized spacial score (nSPS) is 22.3. The summed E-state index contributed by atoms with van der Waals surface area (Å²) in [6, 6.07) is 4.92. The van der Waals surface area contributed by atoms with Gasteiger partial charge in [0.1, 0.15) is 0 Å². The van der Waals surface area contributed by atoms with E-state index in [-0.39, 0.29) is 5.54 Å². The van der Waals surface area contributed by atoms with E-state index in [0.717, 1.165) is 0 Å². The first-order valence-corrected chi connectivity index (χ1v) is 10.1. The molecule has 1 aliphatic heterocycles. The van der Waals surface area contributed by atoms with Gasteiger partial charge >= 0.3 is 0 Å². The number of fused-ring (bicyclic) bond motifs is 1. The van der Waals surface area contributed by atoms with E-state index in [9.17, 15) is 0 Å². The van der Waals surface area contributed by atoms with Gasteiger partial charge in [0, 0.05) is 16.8 Å². The Morgan fingerprint density at radius 1 is 0.840 bits per heavy atom. The van der Waals surface area contributed by atoms with Crippen LogP contribution in [0.5, 0.6) is 0 Å². The van der Waals surface area contributed by atoms with Crippen LogP contribution in [0, 0.1) is 0 Å². The molecule has 3 aliphatic rings. The van der Waals surface area contributed by atoms with Crippen LogP contribution in [0.4, 0.5) is 5.69 Å². The molecule has 1 aromatic carbocycles. The maximum atomic E-state index is 3.83. The van der Waals surface area contributed by atoms with E-state index in [1.54, 1.807) is 11.1 Å². The molecule has 1 nitrogen and oxygen atoms in total. The molecule has 0 saturated carbocycles. The lowest BCUT2D eigenvalue weighted by Gasteiger charge is -2.34. The first-order chi connectivity index (χ1) is 12.0. The molecule has 0 radical (unpaired) electrons. The Morgan fingerprint density at radius 2 is 1.48 bits per heavy atom. The fourth-order valence-corrected chi connectivity index (χ4v) is 4.69. The zero-order valence-electron chi connectivity index (χ0n) is 16.0. The summed E-state index contributed by atoms with van der Waals surface area (Å²) in [5.41, 5.74) is 10.2. The topological polar surface area (TPSA) is 12.0 Å². The highest BCUT2D eigenvalue weighted by molar-refractivity contribution is 5.91. The molecule has 1 aromatic rings. The summed E-state index contributed by atoms with van der Waals surface area (Å²) in [4.78, 5) is 0. The molecule has 1 N–H and O–H groups in total. The molecule has 25 heavy (non-hydrogen) atoms. The third kappa shape index (κ3) is 3.34. The maximum Gasteiger partial charge on any atom is 0.0506 e. The molecule has 0 atom stereocenters. The zero-order valence-corrected chi connectivity index (χ0v) is 16.0. The second kappa shape index (κ2) is 6.52. The molecule has 4 rings (SSSR count). The predicted octanol–water partition coefficient (Wildman–Crippen LogP) is 7.21. The van der Waals surface area contributed by atoms with E-state index in [1.165, 1.54) is 79.3 Å². The minimum Gasteiger partial charge on any atom is -0.376 e. The van der Waals surface area contributed by atoms with Crippen LogP contribution in [-0.2, 0) is 0 Å². The standard InChI is InChI=1S/C24H31N/c1-17-16-24(2,3)25-23-21(17)14-20(18-10-6-4-7-11-18)15-22(23)19-12-8-5-9-13-19/h10,12,14-16,25H,4-9,11,13H2,1-3H3. The van der Waals surface area contributed by atoms with Gasteiger partial charge < -0.3 is 5.32 Å². The van der Waals surface area contributed by atoms with Crippen molar-refractivity contribution in [2.24, 2.45) is 0 Å². The SMILES string of the molecule is CC1=CC(C)(C)Nc2c1cc(C1=CCCCC1)cc2C1=CCCCC1. The Kier molecular flexibility index (Phi) is 4.35. The highest BCUT2D eigenvalue weighted by Gasteiger charge is 2.27. The van der Waals surface area contributed by atoms with Crippen molar-refractivity contribution in [3.05, 3.63) is 47.1 Å². The van der Waals surface area contributed by atoms with Crippen molar-refractivity contribution in [2.75, 3.05) is 5.32 Å². The van der Waals surface area contributed by atoms with Crippen LogP contribution in [0.15, 0.2) is 30.4 Å². The molecule has 0 unspecified atom stereocenters. The van der Waals surface area contributed by atoms with Gasteiger partial charge in [0.15, 0.2) is 0 Å². The third-order valence-corrected chi connectivity index (χ3v) is 5.89. The summed E-state index contributed by atoms with van der Waals surface area (Å²) in [5.74, 6) is 0. The Morgan fingerprint density at radius 3 is 2.12 bits per heavy atom. The van der Waals surface area contributed by atoms with Gasteiger partial charge in [-0.05, 0) is 107 Å². The molecule has 0 bridgehead atoms. The van der Waals surface area contributed by atoms with Crippen molar-refractivity contribution in [2.45, 2.75) is 77.7 Å². The van der Waals surface area contributed by atoms with Crippen LogP contribution in [0.3, 0.4) is 0 Å². The second-order valence-electron chi connectivity index (χ2n) is 8.57. The van der Waals surface area contributed by atoms with Crippen LogP contribution >= 0.6 is 0 Å². The van der Waals surface area contributed by atoms with Gasteiger partial charge in [-0.15, -0.1) is 0 Å². The third-order valence-electron chi connectivity index (χ3n) is 5.89. The Labute approximate surface area is 152 Å². The number of nitrogens with one attached hydrogen (secondary N) is 1. The predicted molar refractivity (Wildman–Crippen MR) is 111 cm³/mol. The van der Waals surface area contributed by atoms with Crippen LogP contribution < -0.4 is 5.32 Å². The summed E-state index contributed by atoms with van der Waals surface area (Å²) in [6.45, 7) is 6.82. The van der Waals surface area contributed by atoms with Crippen LogP contribution in [0.1, 0.15) is 88.8 Å². The maximum absolute atomic E-state index is 3.83. The summed E-state index contributed by atoms with van der Waals surface area (Å²) in [7, 11) is 0. The number of allylic oxidation sites excluding steroid dienone is 5. The van der Waals surface area contributed by atoms with E-state index in [2.05, 4.69) is 56.4 Å². The van der Waals surface area contributed by atoms with Gasteiger partial charge in [-0.2, -0.15) is 0 Å². The smallest absolute Gasteiger partial charge is 0.0506 e. The van der Waals surface area contributed by atoms with E-state index in [0.29, 0.717) is 0 Å². The minimum absolute atomic E-state index is 0.0205. The van der Waals surface area contributed by atoms with Gasteiger partial charge in [0.2, 0.25) is 0 Å². The first-order valence-electron chi connectivity index (χ1n) is 10.1. The lowest BCUT2D eigenvalue weighted by atomic mass is 9.82. The monoisotopic (exact) mass is 333 g/mol. The van der Waals surface area contributed by atoms with Crippen molar-refractivity contribution in [3.8, 4) is 0 Å². The van der Waals surface area contributed by atoms with Crippen molar-refractivity contribution in [3.63, 3.8) is 0 Å². The number of hydrogen-bond donors (Lipinski definition) is 1. The molecule has 132 valence electrons. The summed E-state index contributed by atoms with van der Waals surface area (Å²) in [5, 5.41) is 3.83. The van der Waals surface area contributed by atoms with Crippen LogP contribution in [-0.4, -0.2) is 5.54 Å². The van der Waals surface area contributed by atoms with E-state index in [4.69, 9.17) is 0 Å². The van der Waals surface area contributed by atoms with Crippen LogP contribution in [0.25, 0.3) is 16.7 Å². The number of rotatable bonds is 2. The number of benzene rings is 1. The summed E-state index contributed by atoms with van der Waals surface area (Å²) in [6.07, 6.45) is 17.6. The van der Waals surface area contributed by atoms with Crippen molar-refractivity contribution in [1.82, 2.24) is 0 Å². The van der Waals surface area contributed by atoms with Gasteiger partial charge in [0.25, 0.3) is 0 Å². The average Bonchev–Trinajstić information content (AvgIpc) is 2.62. The quantitative estimate of drug-likeness (QED) is 0.603. The lowest BCUT2D eigenvalue weighted by molar-refractivity contribution is 0.705. The Bertz CT molecular complexity index is 774. The Hall–Kier alpha value is -1.76. The molecule has 0 amide bonds. The molecule has 0 fully saturated rings. The first kappa shape index (κ1) is 16.7. The fourth-order valence-electron chi connectivity index (χ4n) is 4.69. The highest BCUT2D eigenvalue weighted by Crippen LogP contribution is 2.43. The zero-order chi connectivity index (χ0) is 17.4. The average molecular weight is 334 g/mol. The molecule has 0 spiro atoms. The van der Waals surface area contributed by atoms with Crippen LogP contribution in [0.2, 0.25) is 0 Å². The highest BCUT2D eigenvalue weighted by atomic mass is 15.0. The molecule has 1 heterocycles. The molecule has 2 aliphatic carbocycles.